The van der Waals surface area contributed by atoms with Gasteiger partial charge in [-0.05, 0) is 35.9 Å². The molecular weight excluding hydrogens is 269 g/mol. The van der Waals surface area contributed by atoms with Crippen molar-refractivity contribution in [1.29, 1.82) is 5.26 Å². The molecule has 0 aliphatic heterocycles. The molecule has 0 N–H and O–H groups in total. The van der Waals surface area contributed by atoms with Crippen LogP contribution in [0.4, 0.5) is 4.39 Å². The molecule has 1 heterocycles. The molecule has 0 bridgehead atoms. The van der Waals surface area contributed by atoms with Crippen molar-refractivity contribution in [3.63, 3.8) is 0 Å². The van der Waals surface area contributed by atoms with Crippen molar-refractivity contribution in [3.05, 3.63) is 58.9 Å². The van der Waals surface area contributed by atoms with Gasteiger partial charge < -0.3 is 4.42 Å². The highest BCUT2D eigenvalue weighted by molar-refractivity contribution is 7.95. The van der Waals surface area contributed by atoms with Crippen LogP contribution in [-0.4, -0.2) is 8.42 Å². The Hall–Kier alpha value is -2.39. The third kappa shape index (κ3) is 2.72. The Morgan fingerprint density at radius 2 is 1.95 bits per heavy atom. The predicted molar refractivity (Wildman–Crippen MR) is 65.9 cm³/mol. The predicted octanol–water partition coefficient (Wildman–Crippen LogP) is 2.76. The number of hydrogen-bond acceptors (Lipinski definition) is 4. The number of sulfone groups is 1. The fraction of sp³-hybridized carbons (Fsp3) is 0. The van der Waals surface area contributed by atoms with Gasteiger partial charge in [-0.15, -0.1) is 0 Å². The first-order chi connectivity index (χ1) is 9.04. The van der Waals surface area contributed by atoms with Gasteiger partial charge in [0, 0.05) is 0 Å². The normalized spacial score (nSPS) is 12.1. The summed E-state index contributed by atoms with van der Waals surface area (Å²) in [5.41, 5.74) is 0.410. The number of nitriles is 1. The van der Waals surface area contributed by atoms with E-state index in [1.807, 2.05) is 0 Å². The topological polar surface area (TPSA) is 71.1 Å². The van der Waals surface area contributed by atoms with Crippen LogP contribution in [0, 0.1) is 17.1 Å². The van der Waals surface area contributed by atoms with Crippen LogP contribution < -0.4 is 0 Å². The molecule has 0 fully saturated rings. The lowest BCUT2D eigenvalue weighted by molar-refractivity contribution is 0.452. The lowest BCUT2D eigenvalue weighted by Crippen LogP contribution is -2.02. The second-order valence-electron chi connectivity index (χ2n) is 3.61. The first-order valence-corrected chi connectivity index (χ1v) is 6.68. The van der Waals surface area contributed by atoms with E-state index in [1.54, 1.807) is 6.07 Å². The van der Waals surface area contributed by atoms with Crippen LogP contribution in [0.15, 0.2) is 57.1 Å². The number of benzene rings is 1. The molecule has 1 aromatic carbocycles. The van der Waals surface area contributed by atoms with Crippen LogP contribution in [0.2, 0.25) is 0 Å². The van der Waals surface area contributed by atoms with Crippen molar-refractivity contribution < 1.29 is 17.2 Å². The van der Waals surface area contributed by atoms with Gasteiger partial charge in [-0.3, -0.25) is 0 Å². The second kappa shape index (κ2) is 5.08. The molecule has 4 nitrogen and oxygen atoms in total. The standard InChI is InChI=1S/C13H8FNO3S/c14-11-5-3-10(4-6-11)8-12(9-15)19(16,17)13-2-1-7-18-13/h1-8H/b12-8-. The molecule has 0 amide bonds. The molecule has 96 valence electrons. The lowest BCUT2D eigenvalue weighted by Gasteiger charge is -1.99. The SMILES string of the molecule is N#C/C(=C/c1ccc(F)cc1)S(=O)(=O)c1ccco1. The molecular formula is C13H8FNO3S. The third-order valence-electron chi connectivity index (χ3n) is 2.33. The summed E-state index contributed by atoms with van der Waals surface area (Å²) in [6.07, 6.45) is 2.37. The van der Waals surface area contributed by atoms with Crippen LogP contribution in [0.25, 0.3) is 6.08 Å². The minimum absolute atomic E-state index is 0.303. The summed E-state index contributed by atoms with van der Waals surface area (Å²) in [6.45, 7) is 0. The maximum absolute atomic E-state index is 12.7. The van der Waals surface area contributed by atoms with Crippen LogP contribution in [0.1, 0.15) is 5.56 Å². The van der Waals surface area contributed by atoms with Crippen molar-refractivity contribution in [1.82, 2.24) is 0 Å². The van der Waals surface area contributed by atoms with E-state index in [0.29, 0.717) is 5.56 Å². The Balaban J connectivity index is 2.47. The largest absolute Gasteiger partial charge is 0.453 e. The zero-order valence-corrected chi connectivity index (χ0v) is 10.4. The van der Waals surface area contributed by atoms with Crippen molar-refractivity contribution in [2.75, 3.05) is 0 Å². The molecule has 19 heavy (non-hydrogen) atoms. The van der Waals surface area contributed by atoms with Gasteiger partial charge in [0.15, 0.2) is 4.91 Å². The summed E-state index contributed by atoms with van der Waals surface area (Å²) in [4.78, 5) is -0.464. The maximum atomic E-state index is 12.7. The minimum Gasteiger partial charge on any atom is -0.453 e. The highest BCUT2D eigenvalue weighted by Gasteiger charge is 2.23. The van der Waals surface area contributed by atoms with Gasteiger partial charge in [0.1, 0.15) is 11.9 Å². The lowest BCUT2D eigenvalue weighted by atomic mass is 10.2. The molecule has 1 aromatic heterocycles. The molecule has 0 saturated heterocycles. The molecule has 0 unspecified atom stereocenters. The van der Waals surface area contributed by atoms with E-state index in [2.05, 4.69) is 0 Å². The molecule has 0 radical (unpaired) electrons. The van der Waals surface area contributed by atoms with Gasteiger partial charge in [-0.1, -0.05) is 12.1 Å². The van der Waals surface area contributed by atoms with Gasteiger partial charge in [-0.2, -0.15) is 5.26 Å². The average molecular weight is 277 g/mol. The number of halogens is 1. The Kier molecular flexibility index (Phi) is 3.49. The molecule has 0 aliphatic rings. The third-order valence-corrected chi connectivity index (χ3v) is 3.88. The quantitative estimate of drug-likeness (QED) is 0.809. The summed E-state index contributed by atoms with van der Waals surface area (Å²) in [7, 11) is -3.98. The van der Waals surface area contributed by atoms with E-state index in [0.717, 1.165) is 6.08 Å². The zero-order valence-electron chi connectivity index (χ0n) is 9.58. The van der Waals surface area contributed by atoms with Gasteiger partial charge in [0.25, 0.3) is 0 Å². The monoisotopic (exact) mass is 277 g/mol. The highest BCUT2D eigenvalue weighted by atomic mass is 32.2. The first-order valence-electron chi connectivity index (χ1n) is 5.20. The number of rotatable bonds is 3. The van der Waals surface area contributed by atoms with E-state index in [1.165, 1.54) is 42.7 Å². The van der Waals surface area contributed by atoms with Crippen molar-refractivity contribution in [2.45, 2.75) is 5.09 Å². The van der Waals surface area contributed by atoms with Crippen molar-refractivity contribution >= 4 is 15.9 Å². The summed E-state index contributed by atoms with van der Waals surface area (Å²) in [6, 6.07) is 9.41. The highest BCUT2D eigenvalue weighted by Crippen LogP contribution is 2.21. The summed E-state index contributed by atoms with van der Waals surface area (Å²) in [5.74, 6) is -0.440. The first kappa shape index (κ1) is 13.1. The van der Waals surface area contributed by atoms with Gasteiger partial charge >= 0.3 is 0 Å². The smallest absolute Gasteiger partial charge is 0.249 e. The van der Waals surface area contributed by atoms with E-state index in [4.69, 9.17) is 9.68 Å². The number of hydrogen-bond donors (Lipinski definition) is 0. The Morgan fingerprint density at radius 3 is 2.47 bits per heavy atom. The fourth-order valence-electron chi connectivity index (χ4n) is 1.41. The summed E-state index contributed by atoms with van der Waals surface area (Å²) >= 11 is 0. The maximum Gasteiger partial charge on any atom is 0.249 e. The van der Waals surface area contributed by atoms with Crippen LogP contribution in [0.5, 0.6) is 0 Å². The molecule has 2 aromatic rings. The van der Waals surface area contributed by atoms with Gasteiger partial charge in [0.05, 0.1) is 6.26 Å². The number of furan rings is 1. The second-order valence-corrected chi connectivity index (χ2v) is 5.46. The Morgan fingerprint density at radius 1 is 1.26 bits per heavy atom. The molecule has 0 spiro atoms. The average Bonchev–Trinajstić information content (AvgIpc) is 2.92. The molecule has 2 rings (SSSR count). The van der Waals surface area contributed by atoms with Crippen molar-refractivity contribution in [3.8, 4) is 6.07 Å². The molecule has 0 atom stereocenters. The zero-order chi connectivity index (χ0) is 13.9. The summed E-state index contributed by atoms with van der Waals surface area (Å²) in [5, 5.41) is 8.66. The van der Waals surface area contributed by atoms with Gasteiger partial charge in [0.2, 0.25) is 14.9 Å². The molecule has 6 heteroatoms. The minimum atomic E-state index is -3.98. The molecule has 0 saturated carbocycles. The van der Waals surface area contributed by atoms with Crippen LogP contribution in [0.3, 0.4) is 0 Å². The van der Waals surface area contributed by atoms with E-state index < -0.39 is 20.6 Å². The van der Waals surface area contributed by atoms with Gasteiger partial charge in [-0.25, -0.2) is 12.8 Å². The fourth-order valence-corrected chi connectivity index (χ4v) is 2.47. The number of allylic oxidation sites excluding steroid dienone is 1. The summed E-state index contributed by atoms with van der Waals surface area (Å²) < 4.78 is 41.6. The Bertz CT molecular complexity index is 738. The van der Waals surface area contributed by atoms with E-state index in [9.17, 15) is 12.8 Å². The van der Waals surface area contributed by atoms with Crippen molar-refractivity contribution in [2.24, 2.45) is 0 Å². The van der Waals surface area contributed by atoms with Crippen LogP contribution in [-0.2, 0) is 9.84 Å². The Labute approximate surface area is 109 Å². The van der Waals surface area contributed by atoms with E-state index >= 15 is 0 Å². The number of nitrogens with zero attached hydrogens (tertiary/aromatic N) is 1. The van der Waals surface area contributed by atoms with E-state index in [-0.39, 0.29) is 5.09 Å². The van der Waals surface area contributed by atoms with Crippen LogP contribution >= 0.6 is 0 Å². The molecule has 0 aliphatic carbocycles.